The van der Waals surface area contributed by atoms with Crippen LogP contribution >= 0.6 is 0 Å². The summed E-state index contributed by atoms with van der Waals surface area (Å²) in [6.45, 7) is 2.82. The van der Waals surface area contributed by atoms with Crippen molar-refractivity contribution in [1.29, 1.82) is 0 Å². The van der Waals surface area contributed by atoms with Crippen LogP contribution in [0.4, 0.5) is 0 Å². The molecule has 2 N–H and O–H groups in total. The fourth-order valence-corrected chi connectivity index (χ4v) is 2.02. The Morgan fingerprint density at radius 1 is 1.24 bits per heavy atom. The molecular weight excluding hydrogens is 226 g/mol. The molecule has 0 saturated heterocycles. The maximum absolute atomic E-state index is 11.4. The number of carbonyl (C=O) groups excluding carboxylic acids is 1. The van der Waals surface area contributed by atoms with Crippen LogP contribution in [-0.4, -0.2) is 32.5 Å². The quantitative estimate of drug-likeness (QED) is 0.759. The molecule has 0 bridgehead atoms. The maximum atomic E-state index is 11.4. The van der Waals surface area contributed by atoms with E-state index in [-0.39, 0.29) is 22.7 Å². The number of carbonyl (C=O) groups is 3. The molecule has 0 amide bonds. The van der Waals surface area contributed by atoms with Crippen molar-refractivity contribution >= 4 is 17.7 Å². The van der Waals surface area contributed by atoms with E-state index in [4.69, 9.17) is 10.2 Å². The molecule has 0 aliphatic rings. The largest absolute Gasteiger partial charge is 0.481 e. The van der Waals surface area contributed by atoms with Crippen LogP contribution in [-0.2, 0) is 18.3 Å². The van der Waals surface area contributed by atoms with Crippen LogP contribution in [0.2, 0.25) is 0 Å². The van der Waals surface area contributed by atoms with Gasteiger partial charge in [-0.15, -0.1) is 0 Å². The average molecular weight is 239 g/mol. The molecule has 0 aromatic carbocycles. The fraction of sp³-hybridized carbons (Fsp3) is 0.364. The minimum absolute atomic E-state index is 0.0971. The standard InChI is InChI=1S/C11H13NO5/c1-5-9(11(16)17)7(4-8(14)15)12(3)10(5)6(2)13/h4H2,1-3H3,(H,14,15)(H,16,17). The van der Waals surface area contributed by atoms with Gasteiger partial charge in [0.2, 0.25) is 0 Å². The monoisotopic (exact) mass is 239 g/mol. The fourth-order valence-electron chi connectivity index (χ4n) is 2.02. The molecule has 0 radical (unpaired) electrons. The lowest BCUT2D eigenvalue weighted by Gasteiger charge is -2.04. The van der Waals surface area contributed by atoms with Gasteiger partial charge in [0.25, 0.3) is 0 Å². The molecular formula is C11H13NO5. The summed E-state index contributed by atoms with van der Waals surface area (Å²) in [7, 11) is 1.49. The first-order valence-electron chi connectivity index (χ1n) is 4.91. The second-order valence-corrected chi connectivity index (χ2v) is 3.79. The molecule has 0 saturated carbocycles. The maximum Gasteiger partial charge on any atom is 0.337 e. The molecule has 0 spiro atoms. The van der Waals surface area contributed by atoms with E-state index in [1.54, 1.807) is 0 Å². The molecule has 17 heavy (non-hydrogen) atoms. The normalized spacial score (nSPS) is 10.3. The summed E-state index contributed by atoms with van der Waals surface area (Å²) >= 11 is 0. The van der Waals surface area contributed by atoms with Crippen molar-refractivity contribution in [2.24, 2.45) is 7.05 Å². The summed E-state index contributed by atoms with van der Waals surface area (Å²) in [4.78, 5) is 33.2. The van der Waals surface area contributed by atoms with Gasteiger partial charge >= 0.3 is 11.9 Å². The first-order chi connectivity index (χ1) is 7.77. The molecule has 0 aliphatic heterocycles. The summed E-state index contributed by atoms with van der Waals surface area (Å²) in [5, 5.41) is 17.8. The SMILES string of the molecule is CC(=O)c1c(C)c(C(=O)O)c(CC(=O)O)n1C. The van der Waals surface area contributed by atoms with Gasteiger partial charge in [-0.2, -0.15) is 0 Å². The summed E-state index contributed by atoms with van der Waals surface area (Å²) in [6.07, 6.45) is -0.424. The highest BCUT2D eigenvalue weighted by atomic mass is 16.4. The van der Waals surface area contributed by atoms with E-state index in [1.807, 2.05) is 0 Å². The first-order valence-corrected chi connectivity index (χ1v) is 4.91. The lowest BCUT2D eigenvalue weighted by atomic mass is 10.1. The summed E-state index contributed by atoms with van der Waals surface area (Å²) < 4.78 is 1.34. The third-order valence-electron chi connectivity index (χ3n) is 2.63. The number of hydrogen-bond donors (Lipinski definition) is 2. The van der Waals surface area contributed by atoms with Gasteiger partial charge < -0.3 is 14.8 Å². The molecule has 6 nitrogen and oxygen atoms in total. The molecule has 0 aliphatic carbocycles. The Hall–Kier alpha value is -2.11. The average Bonchev–Trinajstić information content (AvgIpc) is 2.37. The van der Waals surface area contributed by atoms with Crippen LogP contribution in [0, 0.1) is 6.92 Å². The number of carboxylic acids is 2. The molecule has 6 heteroatoms. The van der Waals surface area contributed by atoms with Crippen LogP contribution in [0.3, 0.4) is 0 Å². The van der Waals surface area contributed by atoms with Crippen molar-refractivity contribution in [3.8, 4) is 0 Å². The topological polar surface area (TPSA) is 96.6 Å². The molecule has 92 valence electrons. The zero-order chi connectivity index (χ0) is 13.3. The lowest BCUT2D eigenvalue weighted by molar-refractivity contribution is -0.136. The van der Waals surface area contributed by atoms with E-state index in [0.717, 1.165) is 0 Å². The van der Waals surface area contributed by atoms with Gasteiger partial charge in [0.05, 0.1) is 17.7 Å². The van der Waals surface area contributed by atoms with Crippen LogP contribution < -0.4 is 0 Å². The molecule has 1 heterocycles. The van der Waals surface area contributed by atoms with Crippen molar-refractivity contribution in [2.75, 3.05) is 0 Å². The molecule has 1 aromatic rings. The smallest absolute Gasteiger partial charge is 0.337 e. The van der Waals surface area contributed by atoms with Gasteiger partial charge in [-0.05, 0) is 12.5 Å². The Morgan fingerprint density at radius 3 is 2.12 bits per heavy atom. The predicted molar refractivity (Wildman–Crippen MR) is 58.5 cm³/mol. The van der Waals surface area contributed by atoms with Crippen LogP contribution in [0.15, 0.2) is 0 Å². The van der Waals surface area contributed by atoms with Gasteiger partial charge in [-0.3, -0.25) is 9.59 Å². The second kappa shape index (κ2) is 4.40. The van der Waals surface area contributed by atoms with Crippen molar-refractivity contribution in [3.05, 3.63) is 22.5 Å². The number of carboxylic acid groups (broad SMARTS) is 2. The lowest BCUT2D eigenvalue weighted by Crippen LogP contribution is -2.11. The number of ketones is 1. The number of hydrogen-bond acceptors (Lipinski definition) is 3. The minimum atomic E-state index is -1.22. The van der Waals surface area contributed by atoms with Crippen molar-refractivity contribution in [1.82, 2.24) is 4.57 Å². The van der Waals surface area contributed by atoms with Crippen molar-refractivity contribution < 1.29 is 24.6 Å². The predicted octanol–water partition coefficient (Wildman–Crippen LogP) is 0.861. The van der Waals surface area contributed by atoms with Crippen molar-refractivity contribution in [3.63, 3.8) is 0 Å². The zero-order valence-electron chi connectivity index (χ0n) is 9.77. The number of aromatic nitrogens is 1. The van der Waals surface area contributed by atoms with Gasteiger partial charge in [-0.1, -0.05) is 0 Å². The Balaban J connectivity index is 3.56. The summed E-state index contributed by atoms with van der Waals surface area (Å²) in [5.74, 6) is -2.64. The van der Waals surface area contributed by atoms with Gasteiger partial charge in [-0.25, -0.2) is 4.79 Å². The zero-order valence-corrected chi connectivity index (χ0v) is 9.77. The van der Waals surface area contributed by atoms with Crippen LogP contribution in [0.1, 0.15) is 39.0 Å². The molecule has 0 unspecified atom stereocenters. The van der Waals surface area contributed by atoms with E-state index < -0.39 is 18.4 Å². The number of nitrogens with zero attached hydrogens (tertiary/aromatic N) is 1. The number of aliphatic carboxylic acids is 1. The van der Waals surface area contributed by atoms with E-state index in [0.29, 0.717) is 5.56 Å². The van der Waals surface area contributed by atoms with E-state index >= 15 is 0 Å². The van der Waals surface area contributed by atoms with Gasteiger partial charge in [0.1, 0.15) is 0 Å². The molecule has 1 rings (SSSR count). The third kappa shape index (κ3) is 2.20. The van der Waals surface area contributed by atoms with E-state index in [2.05, 4.69) is 0 Å². The summed E-state index contributed by atoms with van der Waals surface area (Å²) in [6, 6.07) is 0. The Labute approximate surface area is 97.5 Å². The number of aromatic carboxylic acids is 1. The highest BCUT2D eigenvalue weighted by Gasteiger charge is 2.25. The first kappa shape index (κ1) is 13.0. The molecule has 0 fully saturated rings. The Kier molecular flexibility index (Phi) is 3.36. The van der Waals surface area contributed by atoms with Crippen molar-refractivity contribution in [2.45, 2.75) is 20.3 Å². The highest BCUT2D eigenvalue weighted by molar-refractivity contribution is 6.00. The Bertz CT molecular complexity index is 512. The van der Waals surface area contributed by atoms with E-state index in [1.165, 1.54) is 25.5 Å². The van der Waals surface area contributed by atoms with Gasteiger partial charge in [0.15, 0.2) is 5.78 Å². The van der Waals surface area contributed by atoms with Gasteiger partial charge in [0, 0.05) is 19.7 Å². The van der Waals surface area contributed by atoms with Crippen LogP contribution in [0.25, 0.3) is 0 Å². The molecule has 0 atom stereocenters. The third-order valence-corrected chi connectivity index (χ3v) is 2.63. The second-order valence-electron chi connectivity index (χ2n) is 3.79. The van der Waals surface area contributed by atoms with Crippen LogP contribution in [0.5, 0.6) is 0 Å². The molecule has 1 aromatic heterocycles. The Morgan fingerprint density at radius 2 is 1.76 bits per heavy atom. The number of rotatable bonds is 4. The number of Topliss-reactive ketones (excluding diaryl/α,β-unsaturated/α-hetero) is 1. The minimum Gasteiger partial charge on any atom is -0.481 e. The van der Waals surface area contributed by atoms with E-state index in [9.17, 15) is 14.4 Å². The summed E-state index contributed by atoms with van der Waals surface area (Å²) in [5.41, 5.74) is 0.579. The highest BCUT2D eigenvalue weighted by Crippen LogP contribution is 2.22.